The molecule has 2 aromatic carbocycles. The van der Waals surface area contributed by atoms with Crippen molar-refractivity contribution in [1.82, 2.24) is 0 Å². The van der Waals surface area contributed by atoms with Crippen LogP contribution in [0, 0.1) is 0 Å². The van der Waals surface area contributed by atoms with E-state index in [1.807, 2.05) is 6.07 Å². The fourth-order valence-corrected chi connectivity index (χ4v) is 2.88. The van der Waals surface area contributed by atoms with E-state index >= 15 is 0 Å². The largest absolute Gasteiger partial charge is 0.462 e. The minimum atomic E-state index is -1.50. The summed E-state index contributed by atoms with van der Waals surface area (Å²) in [7, 11) is 0. The summed E-state index contributed by atoms with van der Waals surface area (Å²) >= 11 is 0. The Kier molecular flexibility index (Phi) is 5.73. The molecular weight excluding hydrogens is 354 g/mol. The van der Waals surface area contributed by atoms with Crippen LogP contribution in [0.15, 0.2) is 48.5 Å². The van der Waals surface area contributed by atoms with Gasteiger partial charge in [0.2, 0.25) is 12.2 Å². The smallest absolute Gasteiger partial charge is 0.248 e. The second kappa shape index (κ2) is 8.03. The third kappa shape index (κ3) is 4.10. The molecule has 1 fully saturated rings. The monoisotopic (exact) mass is 375 g/mol. The molecule has 1 amide bonds. The van der Waals surface area contributed by atoms with E-state index in [4.69, 9.17) is 15.2 Å². The zero-order valence-electron chi connectivity index (χ0n) is 14.3. The molecule has 1 aliphatic heterocycles. The highest BCUT2D eigenvalue weighted by atomic mass is 16.7. The molecule has 3 rings (SSSR count). The van der Waals surface area contributed by atoms with E-state index < -0.39 is 43.2 Å². The molecule has 0 spiro atoms. The van der Waals surface area contributed by atoms with Crippen molar-refractivity contribution in [3.63, 3.8) is 0 Å². The van der Waals surface area contributed by atoms with Crippen LogP contribution in [0.1, 0.15) is 10.4 Å². The van der Waals surface area contributed by atoms with Crippen LogP contribution in [-0.4, -0.2) is 63.6 Å². The highest BCUT2D eigenvalue weighted by molar-refractivity contribution is 5.94. The molecule has 0 saturated carbocycles. The third-order valence-electron chi connectivity index (χ3n) is 4.44. The SMILES string of the molecule is NC(=O)c1cccc(-c2ccc(O[C@H]3OC(CO)[C@@H](O)C(O)C3O)cc2)c1. The Morgan fingerprint density at radius 3 is 2.33 bits per heavy atom. The summed E-state index contributed by atoms with van der Waals surface area (Å²) in [5, 5.41) is 38.8. The average Bonchev–Trinajstić information content (AvgIpc) is 2.69. The molecule has 0 bridgehead atoms. The highest BCUT2D eigenvalue weighted by Gasteiger charge is 2.44. The molecular formula is C19H21NO7. The van der Waals surface area contributed by atoms with Gasteiger partial charge in [0.15, 0.2) is 0 Å². The van der Waals surface area contributed by atoms with Crippen molar-refractivity contribution in [1.29, 1.82) is 0 Å². The fourth-order valence-electron chi connectivity index (χ4n) is 2.88. The molecule has 8 nitrogen and oxygen atoms in total. The summed E-state index contributed by atoms with van der Waals surface area (Å²) < 4.78 is 10.9. The molecule has 3 unspecified atom stereocenters. The molecule has 27 heavy (non-hydrogen) atoms. The summed E-state index contributed by atoms with van der Waals surface area (Å²) in [5.41, 5.74) is 7.31. The maximum absolute atomic E-state index is 11.3. The fraction of sp³-hybridized carbons (Fsp3) is 0.316. The molecule has 8 heteroatoms. The Morgan fingerprint density at radius 1 is 1.00 bits per heavy atom. The van der Waals surface area contributed by atoms with Gasteiger partial charge in [-0.25, -0.2) is 0 Å². The quantitative estimate of drug-likeness (QED) is 0.480. The zero-order chi connectivity index (χ0) is 19.6. The number of primary amides is 1. The normalized spacial score (nSPS) is 27.9. The van der Waals surface area contributed by atoms with E-state index in [2.05, 4.69) is 0 Å². The average molecular weight is 375 g/mol. The number of aliphatic hydroxyl groups is 4. The van der Waals surface area contributed by atoms with Gasteiger partial charge >= 0.3 is 0 Å². The van der Waals surface area contributed by atoms with Crippen LogP contribution in [0.5, 0.6) is 5.75 Å². The van der Waals surface area contributed by atoms with Crippen LogP contribution >= 0.6 is 0 Å². The van der Waals surface area contributed by atoms with E-state index in [0.29, 0.717) is 11.3 Å². The molecule has 1 aliphatic rings. The number of carbonyl (C=O) groups excluding carboxylic acids is 1. The molecule has 0 aliphatic carbocycles. The Hall–Kier alpha value is -2.49. The van der Waals surface area contributed by atoms with Gasteiger partial charge in [0.1, 0.15) is 30.2 Å². The van der Waals surface area contributed by atoms with Gasteiger partial charge in [0.25, 0.3) is 0 Å². The first-order valence-corrected chi connectivity index (χ1v) is 8.38. The highest BCUT2D eigenvalue weighted by Crippen LogP contribution is 2.27. The lowest BCUT2D eigenvalue weighted by Crippen LogP contribution is -2.60. The second-order valence-corrected chi connectivity index (χ2v) is 6.28. The van der Waals surface area contributed by atoms with Gasteiger partial charge in [-0.1, -0.05) is 24.3 Å². The van der Waals surface area contributed by atoms with E-state index in [0.717, 1.165) is 11.1 Å². The van der Waals surface area contributed by atoms with Gasteiger partial charge in [-0.05, 0) is 35.4 Å². The lowest BCUT2D eigenvalue weighted by atomic mass is 9.99. The lowest BCUT2D eigenvalue weighted by molar-refractivity contribution is -0.277. The number of nitrogens with two attached hydrogens (primary N) is 1. The van der Waals surface area contributed by atoms with Crippen molar-refractivity contribution in [3.8, 4) is 16.9 Å². The predicted octanol–water partition coefficient (Wildman–Crippen LogP) is -0.369. The number of hydrogen-bond acceptors (Lipinski definition) is 7. The van der Waals surface area contributed by atoms with Gasteiger partial charge in [-0.15, -0.1) is 0 Å². The number of aliphatic hydroxyl groups excluding tert-OH is 4. The van der Waals surface area contributed by atoms with E-state index in [-0.39, 0.29) is 0 Å². The standard InChI is InChI=1S/C19H21NO7/c20-18(25)12-3-1-2-11(8-12)10-4-6-13(7-5-10)26-19-17(24)16(23)15(22)14(9-21)27-19/h1-8,14-17,19,21-24H,9H2,(H2,20,25)/t14?,15-,16?,17?,19+/m1/s1. The van der Waals surface area contributed by atoms with Gasteiger partial charge < -0.3 is 35.6 Å². The minimum absolute atomic E-state index is 0.356. The number of amides is 1. The maximum Gasteiger partial charge on any atom is 0.248 e. The molecule has 2 aromatic rings. The van der Waals surface area contributed by atoms with Crippen LogP contribution in [0.25, 0.3) is 11.1 Å². The topological polar surface area (TPSA) is 142 Å². The molecule has 0 radical (unpaired) electrons. The number of carbonyl (C=O) groups is 1. The van der Waals surface area contributed by atoms with Crippen molar-refractivity contribution in [2.75, 3.05) is 6.61 Å². The number of ether oxygens (including phenoxy) is 2. The summed E-state index contributed by atoms with van der Waals surface area (Å²) in [6.45, 7) is -0.528. The lowest BCUT2D eigenvalue weighted by Gasteiger charge is -2.39. The molecule has 0 aromatic heterocycles. The molecule has 6 N–H and O–H groups in total. The van der Waals surface area contributed by atoms with Crippen molar-refractivity contribution < 1.29 is 34.7 Å². The summed E-state index contributed by atoms with van der Waals surface area (Å²) in [4.78, 5) is 11.3. The molecule has 5 atom stereocenters. The maximum atomic E-state index is 11.3. The first kappa shape index (κ1) is 19.3. The van der Waals surface area contributed by atoms with Gasteiger partial charge in [-0.2, -0.15) is 0 Å². The van der Waals surface area contributed by atoms with Gasteiger partial charge in [-0.3, -0.25) is 4.79 Å². The van der Waals surface area contributed by atoms with Gasteiger partial charge in [0.05, 0.1) is 6.61 Å². The van der Waals surface area contributed by atoms with Crippen molar-refractivity contribution in [3.05, 3.63) is 54.1 Å². The molecule has 1 heterocycles. The molecule has 144 valence electrons. The third-order valence-corrected chi connectivity index (χ3v) is 4.44. The predicted molar refractivity (Wildman–Crippen MR) is 94.8 cm³/mol. The van der Waals surface area contributed by atoms with E-state index in [1.165, 1.54) is 0 Å². The summed E-state index contributed by atoms with van der Waals surface area (Å²) in [6, 6.07) is 13.6. The van der Waals surface area contributed by atoms with Crippen LogP contribution in [0.2, 0.25) is 0 Å². The van der Waals surface area contributed by atoms with Crippen LogP contribution < -0.4 is 10.5 Å². The Balaban J connectivity index is 1.74. The van der Waals surface area contributed by atoms with Crippen molar-refractivity contribution in [2.24, 2.45) is 5.73 Å². The Labute approximate surface area is 155 Å². The van der Waals surface area contributed by atoms with E-state index in [9.17, 15) is 25.2 Å². The molecule has 1 saturated heterocycles. The van der Waals surface area contributed by atoms with Crippen molar-refractivity contribution in [2.45, 2.75) is 30.7 Å². The Morgan fingerprint density at radius 2 is 1.70 bits per heavy atom. The van der Waals surface area contributed by atoms with Crippen LogP contribution in [0.3, 0.4) is 0 Å². The number of benzene rings is 2. The first-order chi connectivity index (χ1) is 12.9. The zero-order valence-corrected chi connectivity index (χ0v) is 14.3. The minimum Gasteiger partial charge on any atom is -0.462 e. The number of rotatable bonds is 5. The number of hydrogen-bond donors (Lipinski definition) is 5. The Bertz CT molecular complexity index is 793. The summed E-state index contributed by atoms with van der Waals surface area (Å²) in [5.74, 6) is -0.159. The first-order valence-electron chi connectivity index (χ1n) is 8.38. The van der Waals surface area contributed by atoms with Crippen LogP contribution in [0.4, 0.5) is 0 Å². The van der Waals surface area contributed by atoms with E-state index in [1.54, 1.807) is 42.5 Å². The van der Waals surface area contributed by atoms with Crippen LogP contribution in [-0.2, 0) is 4.74 Å². The van der Waals surface area contributed by atoms with Crippen molar-refractivity contribution >= 4 is 5.91 Å². The summed E-state index contributed by atoms with van der Waals surface area (Å²) in [6.07, 6.45) is -6.70. The second-order valence-electron chi connectivity index (χ2n) is 6.28. The van der Waals surface area contributed by atoms with Gasteiger partial charge in [0, 0.05) is 5.56 Å².